The number of nitrogens with two attached hydrogens (primary N) is 1. The minimum atomic E-state index is -0.261. The number of anilines is 2. The molecule has 6 heteroatoms. The molecule has 2 rings (SSSR count). The maximum Gasteiger partial charge on any atom is 0.256 e. The van der Waals surface area contributed by atoms with Crippen molar-refractivity contribution in [2.75, 3.05) is 11.1 Å². The van der Waals surface area contributed by atoms with E-state index < -0.39 is 0 Å². The molecule has 0 radical (unpaired) electrons. The summed E-state index contributed by atoms with van der Waals surface area (Å²) in [5.74, 6) is -0.261. The molecule has 0 saturated heterocycles. The number of nitrogens with zero attached hydrogens (tertiary/aromatic N) is 1. The van der Waals surface area contributed by atoms with Crippen LogP contribution in [0.4, 0.5) is 11.4 Å². The maximum atomic E-state index is 12.1. The second kappa shape index (κ2) is 5.59. The van der Waals surface area contributed by atoms with Crippen molar-refractivity contribution >= 4 is 44.8 Å². The first-order valence-corrected chi connectivity index (χ1v) is 6.63. The fraction of sp³-hybridized carbons (Fsp3) is 0.0769. The lowest BCUT2D eigenvalue weighted by atomic mass is 10.2. The molecule has 1 heterocycles. The van der Waals surface area contributed by atoms with Crippen molar-refractivity contribution in [3.63, 3.8) is 0 Å². The van der Waals surface area contributed by atoms with Gasteiger partial charge in [0, 0.05) is 5.69 Å². The Labute approximate surface area is 124 Å². The highest BCUT2D eigenvalue weighted by atomic mass is 79.9. The van der Waals surface area contributed by atoms with Crippen LogP contribution in [0.3, 0.4) is 0 Å². The molecule has 1 aromatic carbocycles. The number of nitrogen functional groups attached to an aromatic ring is 1. The van der Waals surface area contributed by atoms with E-state index in [1.54, 1.807) is 24.3 Å². The molecule has 0 aliphatic heterocycles. The lowest BCUT2D eigenvalue weighted by Crippen LogP contribution is -2.13. The molecular weight excluding hydrogens is 330 g/mol. The van der Waals surface area contributed by atoms with Gasteiger partial charge in [-0.05, 0) is 46.6 Å². The van der Waals surface area contributed by atoms with Gasteiger partial charge in [0.05, 0.1) is 21.9 Å². The molecule has 0 aliphatic carbocycles. The third-order valence-electron chi connectivity index (χ3n) is 2.55. The monoisotopic (exact) mass is 339 g/mol. The van der Waals surface area contributed by atoms with Crippen LogP contribution in [0.15, 0.2) is 34.9 Å². The smallest absolute Gasteiger partial charge is 0.256 e. The van der Waals surface area contributed by atoms with Gasteiger partial charge in [0.1, 0.15) is 5.15 Å². The number of halogens is 2. The lowest BCUT2D eigenvalue weighted by Gasteiger charge is -2.09. The topological polar surface area (TPSA) is 68.0 Å². The van der Waals surface area contributed by atoms with Gasteiger partial charge >= 0.3 is 0 Å². The molecule has 0 saturated carbocycles. The summed E-state index contributed by atoms with van der Waals surface area (Å²) in [7, 11) is 0. The van der Waals surface area contributed by atoms with Crippen LogP contribution in [0.1, 0.15) is 15.9 Å². The fourth-order valence-electron chi connectivity index (χ4n) is 1.55. The zero-order valence-electron chi connectivity index (χ0n) is 10.1. The van der Waals surface area contributed by atoms with Crippen LogP contribution in [0.2, 0.25) is 5.15 Å². The summed E-state index contributed by atoms with van der Waals surface area (Å²) in [5, 5.41) is 3.17. The number of nitrogens with one attached hydrogen (secondary N) is 1. The number of pyridine rings is 1. The summed E-state index contributed by atoms with van der Waals surface area (Å²) in [6, 6.07) is 6.88. The van der Waals surface area contributed by atoms with E-state index in [2.05, 4.69) is 26.2 Å². The molecule has 0 unspecified atom stereocenters. The average Bonchev–Trinajstić information content (AvgIpc) is 2.37. The average molecular weight is 341 g/mol. The molecule has 4 nitrogen and oxygen atoms in total. The van der Waals surface area contributed by atoms with Crippen LogP contribution in [0.5, 0.6) is 0 Å². The van der Waals surface area contributed by atoms with E-state index in [-0.39, 0.29) is 5.91 Å². The van der Waals surface area contributed by atoms with Gasteiger partial charge in [-0.1, -0.05) is 17.7 Å². The minimum Gasteiger partial charge on any atom is -0.398 e. The normalized spacial score (nSPS) is 10.3. The Balaban J connectivity index is 2.26. The molecule has 0 bridgehead atoms. The van der Waals surface area contributed by atoms with Crippen LogP contribution in [0, 0.1) is 6.92 Å². The number of hydrogen-bond acceptors (Lipinski definition) is 3. The van der Waals surface area contributed by atoms with Crippen molar-refractivity contribution in [3.8, 4) is 0 Å². The van der Waals surface area contributed by atoms with Gasteiger partial charge in [0.15, 0.2) is 0 Å². The predicted molar refractivity (Wildman–Crippen MR) is 80.5 cm³/mol. The first kappa shape index (κ1) is 13.8. The molecular formula is C13H11BrClN3O. The van der Waals surface area contributed by atoms with Crippen molar-refractivity contribution in [1.82, 2.24) is 4.98 Å². The number of aryl methyl sites for hydroxylation is 1. The highest BCUT2D eigenvalue weighted by Crippen LogP contribution is 2.25. The third kappa shape index (κ3) is 3.05. The van der Waals surface area contributed by atoms with E-state index >= 15 is 0 Å². The van der Waals surface area contributed by atoms with Crippen molar-refractivity contribution in [1.29, 1.82) is 0 Å². The summed E-state index contributed by atoms with van der Waals surface area (Å²) in [6.07, 6.45) is 1.51. The first-order chi connectivity index (χ1) is 8.99. The molecule has 3 N–H and O–H groups in total. The van der Waals surface area contributed by atoms with Crippen molar-refractivity contribution in [3.05, 3.63) is 51.2 Å². The molecule has 2 aromatic rings. The summed E-state index contributed by atoms with van der Waals surface area (Å²) >= 11 is 9.13. The van der Waals surface area contributed by atoms with Crippen LogP contribution < -0.4 is 11.1 Å². The molecule has 98 valence electrons. The van der Waals surface area contributed by atoms with E-state index in [1.165, 1.54) is 6.20 Å². The summed E-state index contributed by atoms with van der Waals surface area (Å²) < 4.78 is 0.575. The van der Waals surface area contributed by atoms with Crippen LogP contribution >= 0.6 is 27.5 Å². The molecule has 1 amide bonds. The van der Waals surface area contributed by atoms with Crippen molar-refractivity contribution < 1.29 is 4.79 Å². The Kier molecular flexibility index (Phi) is 4.07. The summed E-state index contributed by atoms with van der Waals surface area (Å²) in [5.41, 5.74) is 8.10. The van der Waals surface area contributed by atoms with Gasteiger partial charge in [-0.2, -0.15) is 0 Å². The first-order valence-electron chi connectivity index (χ1n) is 5.46. The standard InChI is InChI=1S/C13H11BrClN3O/c1-7-5-8(6-17-12(7)15)18-13(19)9-3-2-4-10(16)11(9)14/h2-6H,16H2,1H3,(H,18,19). The Morgan fingerprint density at radius 1 is 1.47 bits per heavy atom. The van der Waals surface area contributed by atoms with Gasteiger partial charge in [0.25, 0.3) is 5.91 Å². The van der Waals surface area contributed by atoms with E-state index in [0.717, 1.165) is 5.56 Å². The van der Waals surface area contributed by atoms with Crippen molar-refractivity contribution in [2.24, 2.45) is 0 Å². The number of benzene rings is 1. The van der Waals surface area contributed by atoms with E-state index in [4.69, 9.17) is 17.3 Å². The summed E-state index contributed by atoms with van der Waals surface area (Å²) in [6.45, 7) is 1.82. The van der Waals surface area contributed by atoms with Crippen molar-refractivity contribution in [2.45, 2.75) is 6.92 Å². The van der Waals surface area contributed by atoms with E-state index in [1.807, 2.05) is 6.92 Å². The van der Waals surface area contributed by atoms with Crippen LogP contribution in [-0.4, -0.2) is 10.9 Å². The van der Waals surface area contributed by atoms with E-state index in [9.17, 15) is 4.79 Å². The van der Waals surface area contributed by atoms with Gasteiger partial charge in [-0.25, -0.2) is 4.98 Å². The summed E-state index contributed by atoms with van der Waals surface area (Å²) in [4.78, 5) is 16.1. The molecule has 1 aromatic heterocycles. The minimum absolute atomic E-state index is 0.261. The highest BCUT2D eigenvalue weighted by molar-refractivity contribution is 9.10. The van der Waals surface area contributed by atoms with Gasteiger partial charge in [-0.15, -0.1) is 0 Å². The number of carbonyl (C=O) groups is 1. The van der Waals surface area contributed by atoms with E-state index in [0.29, 0.717) is 26.6 Å². The van der Waals surface area contributed by atoms with Crippen LogP contribution in [-0.2, 0) is 0 Å². The number of hydrogen-bond donors (Lipinski definition) is 2. The predicted octanol–water partition coefficient (Wildman–Crippen LogP) is 3.64. The Bertz CT molecular complexity index is 646. The number of amides is 1. The Hall–Kier alpha value is -1.59. The Morgan fingerprint density at radius 3 is 2.89 bits per heavy atom. The molecule has 0 fully saturated rings. The number of aromatic nitrogens is 1. The second-order valence-corrected chi connectivity index (χ2v) is 5.15. The molecule has 0 atom stereocenters. The number of carbonyl (C=O) groups excluding carboxylic acids is 1. The molecule has 19 heavy (non-hydrogen) atoms. The quantitative estimate of drug-likeness (QED) is 0.648. The van der Waals surface area contributed by atoms with Crippen LogP contribution in [0.25, 0.3) is 0 Å². The van der Waals surface area contributed by atoms with Gasteiger partial charge in [0.2, 0.25) is 0 Å². The van der Waals surface area contributed by atoms with Gasteiger partial charge < -0.3 is 11.1 Å². The largest absolute Gasteiger partial charge is 0.398 e. The lowest BCUT2D eigenvalue weighted by molar-refractivity contribution is 0.102. The zero-order chi connectivity index (χ0) is 14.0. The zero-order valence-corrected chi connectivity index (χ0v) is 12.4. The molecule has 0 spiro atoms. The highest BCUT2D eigenvalue weighted by Gasteiger charge is 2.12. The second-order valence-electron chi connectivity index (χ2n) is 3.99. The molecule has 0 aliphatic rings. The SMILES string of the molecule is Cc1cc(NC(=O)c2cccc(N)c2Br)cnc1Cl. The van der Waals surface area contributed by atoms with Gasteiger partial charge in [-0.3, -0.25) is 4.79 Å². The maximum absolute atomic E-state index is 12.1. The fourth-order valence-corrected chi connectivity index (χ4v) is 2.10. The number of rotatable bonds is 2. The third-order valence-corrected chi connectivity index (χ3v) is 3.83. The Morgan fingerprint density at radius 2 is 2.21 bits per heavy atom.